The molecule has 5 nitrogen and oxygen atoms in total. The van der Waals surface area contributed by atoms with E-state index >= 15 is 0 Å². The molecule has 0 aliphatic carbocycles. The molecule has 0 fully saturated rings. The van der Waals surface area contributed by atoms with Gasteiger partial charge in [0.05, 0.1) is 0 Å². The van der Waals surface area contributed by atoms with Gasteiger partial charge in [-0.25, -0.2) is 9.78 Å². The second-order valence-corrected chi connectivity index (χ2v) is 7.18. The first-order valence-electron chi connectivity index (χ1n) is 9.75. The molecule has 0 saturated carbocycles. The Bertz CT molecular complexity index is 985. The number of benzene rings is 2. The van der Waals surface area contributed by atoms with Crippen LogP contribution in [0.4, 0.5) is 5.82 Å². The van der Waals surface area contributed by atoms with Gasteiger partial charge in [0, 0.05) is 12.0 Å². The summed E-state index contributed by atoms with van der Waals surface area (Å²) in [5.74, 6) is 1.07. The van der Waals surface area contributed by atoms with Crippen molar-refractivity contribution in [2.24, 2.45) is 0 Å². The van der Waals surface area contributed by atoms with Crippen molar-refractivity contribution in [1.82, 2.24) is 4.98 Å². The maximum Gasteiger partial charge on any atom is 0.359 e. The zero-order valence-electron chi connectivity index (χ0n) is 15.9. The quantitative estimate of drug-likeness (QED) is 0.641. The molecule has 142 valence electrons. The number of anilines is 1. The lowest BCUT2D eigenvalue weighted by Gasteiger charge is -2.07. The Kier molecular flexibility index (Phi) is 5.06. The Balaban J connectivity index is 1.77. The number of carbonyl (C=O) groups excluding carboxylic acids is 1. The van der Waals surface area contributed by atoms with E-state index in [0.717, 1.165) is 47.6 Å². The Labute approximate surface area is 164 Å². The minimum absolute atomic E-state index is 0.0696. The number of aromatic hydroxyl groups is 1. The molecule has 2 N–H and O–H groups in total. The molecular formula is C23H24N3O2+. The summed E-state index contributed by atoms with van der Waals surface area (Å²) in [6.07, 6.45) is 5.32. The number of nitrogens with one attached hydrogen (secondary N) is 1. The molecule has 2 aromatic carbocycles. The number of phenolic OH excluding ortho intramolecular Hbond substituents is 1. The smallest absolute Gasteiger partial charge is 0.359 e. The van der Waals surface area contributed by atoms with Gasteiger partial charge in [-0.15, -0.1) is 0 Å². The van der Waals surface area contributed by atoms with Gasteiger partial charge < -0.3 is 5.11 Å². The van der Waals surface area contributed by atoms with E-state index in [-0.39, 0.29) is 17.7 Å². The summed E-state index contributed by atoms with van der Waals surface area (Å²) in [6.45, 7) is 2.13. The molecule has 1 aliphatic rings. The molecule has 1 aliphatic heterocycles. The Morgan fingerprint density at radius 3 is 2.57 bits per heavy atom. The molecule has 0 saturated heterocycles. The zero-order valence-corrected chi connectivity index (χ0v) is 15.9. The van der Waals surface area contributed by atoms with Crippen LogP contribution in [0.2, 0.25) is 0 Å². The van der Waals surface area contributed by atoms with Gasteiger partial charge in [-0.3, -0.25) is 5.32 Å². The van der Waals surface area contributed by atoms with E-state index < -0.39 is 0 Å². The Hall–Kier alpha value is -3.21. The van der Waals surface area contributed by atoms with Crippen LogP contribution in [-0.4, -0.2) is 22.0 Å². The summed E-state index contributed by atoms with van der Waals surface area (Å²) < 4.78 is 1.72. The van der Waals surface area contributed by atoms with Crippen molar-refractivity contribution < 1.29 is 14.5 Å². The first-order valence-corrected chi connectivity index (χ1v) is 9.75. The average molecular weight is 374 g/mol. The third-order valence-electron chi connectivity index (χ3n) is 5.09. The second kappa shape index (κ2) is 7.80. The van der Waals surface area contributed by atoms with Gasteiger partial charge in [0.15, 0.2) is 6.04 Å². The molecule has 5 heteroatoms. The number of hydrogen-bond acceptors (Lipinski definition) is 4. The average Bonchev–Trinajstić information content (AvgIpc) is 3.04. The van der Waals surface area contributed by atoms with E-state index in [1.807, 2.05) is 30.3 Å². The molecule has 2 heterocycles. The number of hydrogen-bond donors (Lipinski definition) is 2. The van der Waals surface area contributed by atoms with Gasteiger partial charge in [-0.2, -0.15) is 4.57 Å². The number of nitrogens with zero attached hydrogens (tertiary/aromatic N) is 2. The normalized spacial score (nSPS) is 15.3. The van der Waals surface area contributed by atoms with Crippen LogP contribution in [0.1, 0.15) is 42.2 Å². The van der Waals surface area contributed by atoms with Crippen LogP contribution in [-0.2, 0) is 6.42 Å². The Morgan fingerprint density at radius 2 is 1.86 bits per heavy atom. The van der Waals surface area contributed by atoms with Gasteiger partial charge in [0.25, 0.3) is 0 Å². The van der Waals surface area contributed by atoms with E-state index in [0.29, 0.717) is 6.42 Å². The molecule has 1 unspecified atom stereocenters. The number of aromatic nitrogens is 2. The van der Waals surface area contributed by atoms with Crippen molar-refractivity contribution in [3.8, 4) is 17.0 Å². The fourth-order valence-corrected chi connectivity index (χ4v) is 3.56. The molecule has 0 radical (unpaired) electrons. The van der Waals surface area contributed by atoms with Crippen LogP contribution in [0.25, 0.3) is 11.3 Å². The van der Waals surface area contributed by atoms with Crippen molar-refractivity contribution in [3.63, 3.8) is 0 Å². The second-order valence-electron chi connectivity index (χ2n) is 7.18. The topological polar surface area (TPSA) is 66.1 Å². The highest BCUT2D eigenvalue weighted by atomic mass is 16.3. The summed E-state index contributed by atoms with van der Waals surface area (Å²) in [5.41, 5.74) is 3.59. The van der Waals surface area contributed by atoms with Crippen LogP contribution in [0.5, 0.6) is 5.75 Å². The molecule has 0 spiro atoms. The molecule has 4 rings (SSSR count). The van der Waals surface area contributed by atoms with Crippen LogP contribution >= 0.6 is 0 Å². The standard InChI is InChI=1S/C23H23N3O2/c1-2-3-9-19-23(28)26-15-21(17-10-12-18(27)13-11-17)24-20(22(26)25-19)14-16-7-5-4-6-8-16/h4-8,10-13,15,19,27H,2-3,9,14H2,1H3/p+1. The van der Waals surface area contributed by atoms with Crippen molar-refractivity contribution >= 4 is 11.7 Å². The lowest BCUT2D eigenvalue weighted by Crippen LogP contribution is -2.43. The number of carbonyl (C=O) groups is 1. The Morgan fingerprint density at radius 1 is 1.11 bits per heavy atom. The first kappa shape index (κ1) is 18.2. The van der Waals surface area contributed by atoms with Crippen LogP contribution in [0, 0.1) is 0 Å². The van der Waals surface area contributed by atoms with Crippen LogP contribution in [0.15, 0.2) is 60.8 Å². The van der Waals surface area contributed by atoms with E-state index in [4.69, 9.17) is 4.98 Å². The summed E-state index contributed by atoms with van der Waals surface area (Å²) in [7, 11) is 0. The van der Waals surface area contributed by atoms with Gasteiger partial charge in [-0.1, -0.05) is 43.7 Å². The van der Waals surface area contributed by atoms with E-state index in [9.17, 15) is 9.90 Å². The molecule has 28 heavy (non-hydrogen) atoms. The third kappa shape index (κ3) is 3.60. The number of rotatable bonds is 6. The third-order valence-corrected chi connectivity index (χ3v) is 5.09. The van der Waals surface area contributed by atoms with Gasteiger partial charge in [0.2, 0.25) is 0 Å². The molecule has 1 atom stereocenters. The fraction of sp³-hybridized carbons (Fsp3) is 0.261. The van der Waals surface area contributed by atoms with Gasteiger partial charge >= 0.3 is 11.7 Å². The SMILES string of the molecule is CCCCC1Nc2c(Cc3ccccc3)nc(-c3ccc(O)cc3)c[n+]2C1=O. The van der Waals surface area contributed by atoms with Crippen molar-refractivity contribution in [3.05, 3.63) is 72.1 Å². The highest BCUT2D eigenvalue weighted by molar-refractivity contribution is 5.82. The molecule has 0 bridgehead atoms. The molecular weight excluding hydrogens is 350 g/mol. The number of phenols is 1. The predicted octanol–water partition coefficient (Wildman–Crippen LogP) is 3.96. The van der Waals surface area contributed by atoms with Gasteiger partial charge in [-0.05, 0) is 42.7 Å². The summed E-state index contributed by atoms with van der Waals surface area (Å²) in [6, 6.07) is 16.8. The highest BCUT2D eigenvalue weighted by Gasteiger charge is 2.40. The number of unbranched alkanes of at least 4 members (excludes halogenated alkanes) is 1. The monoisotopic (exact) mass is 374 g/mol. The summed E-state index contributed by atoms with van der Waals surface area (Å²) >= 11 is 0. The lowest BCUT2D eigenvalue weighted by molar-refractivity contribution is -0.552. The largest absolute Gasteiger partial charge is 0.508 e. The van der Waals surface area contributed by atoms with E-state index in [1.54, 1.807) is 22.9 Å². The fourth-order valence-electron chi connectivity index (χ4n) is 3.56. The van der Waals surface area contributed by atoms with Gasteiger partial charge in [0.1, 0.15) is 23.3 Å². The van der Waals surface area contributed by atoms with Crippen LogP contribution < -0.4 is 9.88 Å². The van der Waals surface area contributed by atoms with Crippen molar-refractivity contribution in [1.29, 1.82) is 0 Å². The summed E-state index contributed by atoms with van der Waals surface area (Å²) in [4.78, 5) is 17.8. The molecule has 1 aromatic heterocycles. The van der Waals surface area contributed by atoms with Crippen molar-refractivity contribution in [2.75, 3.05) is 5.32 Å². The molecule has 0 amide bonds. The minimum atomic E-state index is -0.202. The van der Waals surface area contributed by atoms with E-state index in [2.05, 4.69) is 24.4 Å². The first-order chi connectivity index (χ1) is 13.7. The molecule has 3 aromatic rings. The summed E-state index contributed by atoms with van der Waals surface area (Å²) in [5, 5.41) is 13.0. The maximum absolute atomic E-state index is 13.0. The minimum Gasteiger partial charge on any atom is -0.508 e. The number of fused-ring (bicyclic) bond motifs is 1. The maximum atomic E-state index is 13.0. The van der Waals surface area contributed by atoms with Crippen LogP contribution in [0.3, 0.4) is 0 Å². The van der Waals surface area contributed by atoms with Crippen molar-refractivity contribution in [2.45, 2.75) is 38.6 Å². The lowest BCUT2D eigenvalue weighted by atomic mass is 10.1. The van der Waals surface area contributed by atoms with E-state index in [1.165, 1.54) is 0 Å². The highest BCUT2D eigenvalue weighted by Crippen LogP contribution is 2.26. The zero-order chi connectivity index (χ0) is 19.5. The predicted molar refractivity (Wildman–Crippen MR) is 108 cm³/mol.